The molecule has 0 heterocycles. The maximum atomic E-state index is 13.6. The summed E-state index contributed by atoms with van der Waals surface area (Å²) in [6, 6.07) is 3.99. The number of hydrogen-bond acceptors (Lipinski definition) is 3. The van der Waals surface area contributed by atoms with E-state index in [1.54, 1.807) is 14.1 Å². The summed E-state index contributed by atoms with van der Waals surface area (Å²) >= 11 is 0. The molecule has 1 aromatic carbocycles. The van der Waals surface area contributed by atoms with Gasteiger partial charge in [0.2, 0.25) is 5.91 Å². The van der Waals surface area contributed by atoms with Gasteiger partial charge in [-0.2, -0.15) is 0 Å². The lowest BCUT2D eigenvalue weighted by Gasteiger charge is -2.11. The van der Waals surface area contributed by atoms with Gasteiger partial charge in [-0.25, -0.2) is 4.39 Å². The molecule has 0 saturated carbocycles. The summed E-state index contributed by atoms with van der Waals surface area (Å²) in [4.78, 5) is 24.4. The monoisotopic (exact) mass is 268 g/mol. The Bertz CT molecular complexity index is 475. The van der Waals surface area contributed by atoms with Crippen molar-refractivity contribution in [1.29, 1.82) is 0 Å². The normalized spacial score (nSPS) is 9.89. The number of nitrogens with zero attached hydrogens (tertiary/aromatic N) is 1. The maximum absolute atomic E-state index is 13.6. The Balaban J connectivity index is 2.57. The van der Waals surface area contributed by atoms with Crippen molar-refractivity contribution in [1.82, 2.24) is 10.2 Å². The van der Waals surface area contributed by atoms with Gasteiger partial charge in [-0.3, -0.25) is 9.59 Å². The van der Waals surface area contributed by atoms with E-state index in [1.807, 2.05) is 0 Å². The molecule has 0 unspecified atom stereocenters. The molecule has 0 fully saturated rings. The van der Waals surface area contributed by atoms with Gasteiger partial charge in [0, 0.05) is 33.1 Å². The molecule has 1 N–H and O–H groups in total. The summed E-state index contributed by atoms with van der Waals surface area (Å²) in [5.41, 5.74) is -0.0712. The Morgan fingerprint density at radius 3 is 2.58 bits per heavy atom. The second-order valence-electron chi connectivity index (χ2n) is 4.14. The molecule has 5 nitrogen and oxygen atoms in total. The van der Waals surface area contributed by atoms with E-state index in [0.29, 0.717) is 5.75 Å². The third-order valence-electron chi connectivity index (χ3n) is 2.54. The van der Waals surface area contributed by atoms with Gasteiger partial charge in [0.15, 0.2) is 0 Å². The van der Waals surface area contributed by atoms with Crippen LogP contribution in [-0.4, -0.2) is 44.5 Å². The molecule has 0 aliphatic heterocycles. The second-order valence-corrected chi connectivity index (χ2v) is 4.14. The standard InChI is InChI=1S/C13H17FN2O3/c1-16(2)12(17)6-7-15-13(18)10-5-4-9(19-3)8-11(10)14/h4-5,8H,6-7H2,1-3H3,(H,15,18). The first kappa shape index (κ1) is 14.9. The molecular formula is C13H17FN2O3. The Labute approximate surface area is 111 Å². The van der Waals surface area contributed by atoms with E-state index in [4.69, 9.17) is 4.74 Å². The predicted octanol–water partition coefficient (Wildman–Crippen LogP) is 1.04. The van der Waals surface area contributed by atoms with Crippen LogP contribution >= 0.6 is 0 Å². The molecule has 19 heavy (non-hydrogen) atoms. The number of carbonyl (C=O) groups is 2. The Hall–Kier alpha value is -2.11. The maximum Gasteiger partial charge on any atom is 0.254 e. The summed E-state index contributed by atoms with van der Waals surface area (Å²) in [6.07, 6.45) is 0.177. The van der Waals surface area contributed by atoms with Gasteiger partial charge in [0.25, 0.3) is 5.91 Å². The van der Waals surface area contributed by atoms with E-state index in [0.717, 1.165) is 6.07 Å². The molecule has 0 saturated heterocycles. The van der Waals surface area contributed by atoms with Gasteiger partial charge in [0.05, 0.1) is 12.7 Å². The fourth-order valence-electron chi connectivity index (χ4n) is 1.41. The number of amides is 2. The first-order valence-electron chi connectivity index (χ1n) is 5.77. The molecule has 0 spiro atoms. The lowest BCUT2D eigenvalue weighted by Crippen LogP contribution is -2.30. The minimum Gasteiger partial charge on any atom is -0.497 e. The molecule has 1 aromatic rings. The van der Waals surface area contributed by atoms with Crippen LogP contribution in [0.1, 0.15) is 16.8 Å². The molecule has 6 heteroatoms. The quantitative estimate of drug-likeness (QED) is 0.868. The van der Waals surface area contributed by atoms with E-state index in [2.05, 4.69) is 5.32 Å². The van der Waals surface area contributed by atoms with Crippen LogP contribution in [-0.2, 0) is 4.79 Å². The Morgan fingerprint density at radius 1 is 1.37 bits per heavy atom. The van der Waals surface area contributed by atoms with E-state index >= 15 is 0 Å². The van der Waals surface area contributed by atoms with E-state index < -0.39 is 11.7 Å². The van der Waals surface area contributed by atoms with E-state index in [1.165, 1.54) is 24.1 Å². The number of rotatable bonds is 5. The van der Waals surface area contributed by atoms with Crippen LogP contribution in [0.25, 0.3) is 0 Å². The molecule has 0 aliphatic carbocycles. The van der Waals surface area contributed by atoms with Crippen molar-refractivity contribution in [2.24, 2.45) is 0 Å². The van der Waals surface area contributed by atoms with Crippen LogP contribution in [0.15, 0.2) is 18.2 Å². The minimum absolute atomic E-state index is 0.0712. The zero-order valence-corrected chi connectivity index (χ0v) is 11.2. The zero-order chi connectivity index (χ0) is 14.4. The van der Waals surface area contributed by atoms with Crippen molar-refractivity contribution >= 4 is 11.8 Å². The highest BCUT2D eigenvalue weighted by Crippen LogP contribution is 2.15. The number of methoxy groups -OCH3 is 1. The van der Waals surface area contributed by atoms with Crippen molar-refractivity contribution in [3.63, 3.8) is 0 Å². The molecule has 104 valence electrons. The van der Waals surface area contributed by atoms with E-state index in [9.17, 15) is 14.0 Å². The van der Waals surface area contributed by atoms with Crippen molar-refractivity contribution in [3.8, 4) is 5.75 Å². The highest BCUT2D eigenvalue weighted by Gasteiger charge is 2.13. The van der Waals surface area contributed by atoms with Crippen LogP contribution in [0.3, 0.4) is 0 Å². The van der Waals surface area contributed by atoms with Gasteiger partial charge >= 0.3 is 0 Å². The lowest BCUT2D eigenvalue weighted by molar-refractivity contribution is -0.128. The highest BCUT2D eigenvalue weighted by atomic mass is 19.1. The third kappa shape index (κ3) is 4.24. The summed E-state index contributed by atoms with van der Waals surface area (Å²) < 4.78 is 18.4. The van der Waals surface area contributed by atoms with Crippen molar-refractivity contribution in [2.75, 3.05) is 27.7 Å². The number of halogens is 1. The average Bonchev–Trinajstić information content (AvgIpc) is 2.37. The molecular weight excluding hydrogens is 251 g/mol. The highest BCUT2D eigenvalue weighted by molar-refractivity contribution is 5.94. The molecule has 0 aromatic heterocycles. The van der Waals surface area contributed by atoms with Crippen LogP contribution in [0.4, 0.5) is 4.39 Å². The fourth-order valence-corrected chi connectivity index (χ4v) is 1.41. The molecule has 0 bridgehead atoms. The fraction of sp³-hybridized carbons (Fsp3) is 0.385. The van der Waals surface area contributed by atoms with Crippen LogP contribution in [0, 0.1) is 5.82 Å². The van der Waals surface area contributed by atoms with Crippen LogP contribution in [0.5, 0.6) is 5.75 Å². The first-order chi connectivity index (χ1) is 8.95. The van der Waals surface area contributed by atoms with Crippen molar-refractivity contribution in [3.05, 3.63) is 29.6 Å². The summed E-state index contributed by atoms with van der Waals surface area (Å²) in [6.45, 7) is 0.168. The third-order valence-corrected chi connectivity index (χ3v) is 2.54. The van der Waals surface area contributed by atoms with E-state index in [-0.39, 0.29) is 24.4 Å². The van der Waals surface area contributed by atoms with Gasteiger partial charge in [-0.1, -0.05) is 0 Å². The Morgan fingerprint density at radius 2 is 2.05 bits per heavy atom. The van der Waals surface area contributed by atoms with Gasteiger partial charge in [0.1, 0.15) is 11.6 Å². The SMILES string of the molecule is COc1ccc(C(=O)NCCC(=O)N(C)C)c(F)c1. The zero-order valence-electron chi connectivity index (χ0n) is 11.2. The molecule has 0 atom stereocenters. The smallest absolute Gasteiger partial charge is 0.254 e. The molecule has 0 radical (unpaired) electrons. The van der Waals surface area contributed by atoms with Gasteiger partial charge in [-0.05, 0) is 12.1 Å². The van der Waals surface area contributed by atoms with Gasteiger partial charge < -0.3 is 15.0 Å². The average molecular weight is 268 g/mol. The van der Waals surface area contributed by atoms with Gasteiger partial charge in [-0.15, -0.1) is 0 Å². The topological polar surface area (TPSA) is 58.6 Å². The van der Waals surface area contributed by atoms with Crippen LogP contribution < -0.4 is 10.1 Å². The lowest BCUT2D eigenvalue weighted by atomic mass is 10.2. The number of carbonyl (C=O) groups excluding carboxylic acids is 2. The number of ether oxygens (including phenoxy) is 1. The minimum atomic E-state index is -0.657. The molecule has 2 amide bonds. The molecule has 0 aliphatic rings. The largest absolute Gasteiger partial charge is 0.497 e. The van der Waals surface area contributed by atoms with Crippen LogP contribution in [0.2, 0.25) is 0 Å². The number of hydrogen-bond donors (Lipinski definition) is 1. The summed E-state index contributed by atoms with van der Waals surface area (Å²) in [5.74, 6) is -0.963. The Kier molecular flexibility index (Phi) is 5.29. The molecule has 1 rings (SSSR count). The predicted molar refractivity (Wildman–Crippen MR) is 68.6 cm³/mol. The second kappa shape index (κ2) is 6.72. The van der Waals surface area contributed by atoms with Crippen molar-refractivity contribution < 1.29 is 18.7 Å². The van der Waals surface area contributed by atoms with Crippen molar-refractivity contribution in [2.45, 2.75) is 6.42 Å². The first-order valence-corrected chi connectivity index (χ1v) is 5.77. The summed E-state index contributed by atoms with van der Waals surface area (Å²) in [5, 5.41) is 2.50. The number of benzene rings is 1. The number of nitrogens with one attached hydrogen (secondary N) is 1. The summed E-state index contributed by atoms with van der Waals surface area (Å²) in [7, 11) is 4.68.